The van der Waals surface area contributed by atoms with Crippen LogP contribution in [0.1, 0.15) is 34.8 Å². The van der Waals surface area contributed by atoms with E-state index in [1.807, 2.05) is 78.9 Å². The van der Waals surface area contributed by atoms with E-state index in [1.54, 1.807) is 14.2 Å². The molecule has 0 aliphatic carbocycles. The van der Waals surface area contributed by atoms with E-state index in [1.165, 1.54) is 0 Å². The molecule has 6 heteroatoms. The van der Waals surface area contributed by atoms with Crippen molar-refractivity contribution in [3.05, 3.63) is 129 Å². The molecule has 0 unspecified atom stereocenters. The molecular weight excluding hydrogens is 591 g/mol. The summed E-state index contributed by atoms with van der Waals surface area (Å²) in [5, 5.41) is 11.0. The van der Waals surface area contributed by atoms with Gasteiger partial charge in [0.15, 0.2) is 0 Å². The molecule has 1 N–H and O–H groups in total. The van der Waals surface area contributed by atoms with Gasteiger partial charge in [-0.1, -0.05) is 72.8 Å². The highest BCUT2D eigenvalue weighted by atomic mass is 127. The molecule has 38 heavy (non-hydrogen) atoms. The molecule has 0 spiro atoms. The van der Waals surface area contributed by atoms with Crippen molar-refractivity contribution in [2.24, 2.45) is 0 Å². The molecular formula is C32H31IO5. The van der Waals surface area contributed by atoms with Gasteiger partial charge in [0, 0.05) is 9.99 Å². The van der Waals surface area contributed by atoms with Crippen LogP contribution in [0, 0.1) is 3.57 Å². The van der Waals surface area contributed by atoms with E-state index in [-0.39, 0.29) is 12.7 Å². The van der Waals surface area contributed by atoms with E-state index in [4.69, 9.17) is 18.9 Å². The van der Waals surface area contributed by atoms with Gasteiger partial charge in [0.25, 0.3) is 0 Å². The fourth-order valence-corrected chi connectivity index (χ4v) is 5.83. The summed E-state index contributed by atoms with van der Waals surface area (Å²) >= 11 is 2.32. The van der Waals surface area contributed by atoms with Gasteiger partial charge in [-0.25, -0.2) is 0 Å². The largest absolute Gasteiger partial charge is 0.497 e. The van der Waals surface area contributed by atoms with Crippen LogP contribution in [0.25, 0.3) is 0 Å². The van der Waals surface area contributed by atoms with Gasteiger partial charge in [-0.2, -0.15) is 0 Å². The molecule has 5 nitrogen and oxygen atoms in total. The summed E-state index contributed by atoms with van der Waals surface area (Å²) in [5.41, 5.74) is 2.99. The molecule has 1 heterocycles. The van der Waals surface area contributed by atoms with Gasteiger partial charge in [-0.15, -0.1) is 0 Å². The van der Waals surface area contributed by atoms with Crippen molar-refractivity contribution in [1.29, 1.82) is 0 Å². The van der Waals surface area contributed by atoms with Gasteiger partial charge in [0.1, 0.15) is 23.2 Å². The van der Waals surface area contributed by atoms with E-state index >= 15 is 0 Å². The number of hydrogen-bond donors (Lipinski definition) is 1. The van der Waals surface area contributed by atoms with Crippen molar-refractivity contribution in [2.45, 2.75) is 30.3 Å². The third kappa shape index (κ3) is 5.31. The summed E-state index contributed by atoms with van der Waals surface area (Å²) in [7, 11) is 3.31. The van der Waals surface area contributed by atoms with Crippen molar-refractivity contribution in [1.82, 2.24) is 0 Å². The monoisotopic (exact) mass is 622 g/mol. The van der Waals surface area contributed by atoms with Gasteiger partial charge >= 0.3 is 0 Å². The van der Waals surface area contributed by atoms with E-state index in [9.17, 15) is 5.11 Å². The molecule has 0 bridgehead atoms. The van der Waals surface area contributed by atoms with Crippen molar-refractivity contribution >= 4 is 22.6 Å². The lowest BCUT2D eigenvalue weighted by Gasteiger charge is -2.37. The fourth-order valence-electron chi connectivity index (χ4n) is 5.10. The van der Waals surface area contributed by atoms with Crippen LogP contribution in [-0.4, -0.2) is 38.1 Å². The molecule has 196 valence electrons. The molecule has 0 aromatic heterocycles. The molecule has 3 atom stereocenters. The first-order chi connectivity index (χ1) is 18.5. The zero-order valence-corrected chi connectivity index (χ0v) is 23.6. The molecule has 0 radical (unpaired) electrons. The molecule has 5 rings (SSSR count). The average molecular weight is 622 g/mol. The summed E-state index contributed by atoms with van der Waals surface area (Å²) in [6.45, 7) is 0.202. The van der Waals surface area contributed by atoms with Crippen LogP contribution in [0.15, 0.2) is 103 Å². The van der Waals surface area contributed by atoms with Crippen LogP contribution in [0.4, 0.5) is 0 Å². The smallest absolute Gasteiger partial charge is 0.143 e. The number of aliphatic hydroxyl groups is 1. The Morgan fingerprint density at radius 2 is 1.29 bits per heavy atom. The molecule has 1 saturated heterocycles. The second-order valence-corrected chi connectivity index (χ2v) is 10.5. The van der Waals surface area contributed by atoms with Crippen molar-refractivity contribution in [2.75, 3.05) is 20.8 Å². The highest BCUT2D eigenvalue weighted by molar-refractivity contribution is 14.1. The summed E-state index contributed by atoms with van der Waals surface area (Å²) in [4.78, 5) is 0. The fraction of sp³-hybridized carbons (Fsp3) is 0.250. The summed E-state index contributed by atoms with van der Waals surface area (Å²) in [5.74, 6) is 1.53. The van der Waals surface area contributed by atoms with Crippen LogP contribution in [0.2, 0.25) is 0 Å². The normalized spacial score (nSPS) is 19.3. The number of methoxy groups -OCH3 is 2. The van der Waals surface area contributed by atoms with E-state index in [0.717, 1.165) is 37.3 Å². The zero-order chi connectivity index (χ0) is 26.5. The third-order valence-corrected chi connectivity index (χ3v) is 8.10. The SMILES string of the molecule is COc1ccc(C(OC[C@H]2O[C@@H](c3ccccc3I)C[C@@H]2O)(c2ccccc2)c2ccc(OC)cc2)cc1. The Balaban J connectivity index is 1.54. The average Bonchev–Trinajstić information content (AvgIpc) is 3.34. The Morgan fingerprint density at radius 1 is 0.763 bits per heavy atom. The highest BCUT2D eigenvalue weighted by Crippen LogP contribution is 2.43. The second kappa shape index (κ2) is 11.9. The maximum Gasteiger partial charge on any atom is 0.143 e. The maximum absolute atomic E-state index is 11.0. The van der Waals surface area contributed by atoms with E-state index < -0.39 is 17.8 Å². The third-order valence-electron chi connectivity index (χ3n) is 7.11. The highest BCUT2D eigenvalue weighted by Gasteiger charge is 2.42. The predicted octanol–water partition coefficient (Wildman–Crippen LogP) is 6.51. The first kappa shape index (κ1) is 26.7. The standard InChI is InChI=1S/C32H31IO5/c1-35-25-16-12-23(13-17-25)32(22-8-4-3-5-9-22,24-14-18-26(36-2)19-15-24)37-21-31-29(34)20-30(38-31)27-10-6-7-11-28(27)33/h3-19,29-31,34H,20-21H2,1-2H3/t29-,30+,31+/m0/s1. The zero-order valence-electron chi connectivity index (χ0n) is 21.4. The minimum atomic E-state index is -0.956. The molecule has 4 aromatic rings. The second-order valence-electron chi connectivity index (χ2n) is 9.30. The van der Waals surface area contributed by atoms with Crippen molar-refractivity contribution in [3.63, 3.8) is 0 Å². The molecule has 0 amide bonds. The van der Waals surface area contributed by atoms with Gasteiger partial charge in [-0.3, -0.25) is 0 Å². The number of ether oxygens (including phenoxy) is 4. The minimum absolute atomic E-state index is 0.181. The van der Waals surface area contributed by atoms with Crippen LogP contribution in [-0.2, 0) is 15.1 Å². The van der Waals surface area contributed by atoms with Gasteiger partial charge in [0.2, 0.25) is 0 Å². The van der Waals surface area contributed by atoms with Crippen LogP contribution in [0.3, 0.4) is 0 Å². The predicted molar refractivity (Wildman–Crippen MR) is 156 cm³/mol. The van der Waals surface area contributed by atoms with E-state index in [2.05, 4.69) is 46.9 Å². The number of halogens is 1. The lowest BCUT2D eigenvalue weighted by molar-refractivity contribution is -0.0828. The first-order valence-electron chi connectivity index (χ1n) is 12.6. The number of aliphatic hydroxyl groups excluding tert-OH is 1. The molecule has 1 aliphatic rings. The number of hydrogen-bond acceptors (Lipinski definition) is 5. The summed E-state index contributed by atoms with van der Waals surface area (Å²) in [6, 6.07) is 34.1. The maximum atomic E-state index is 11.0. The van der Waals surface area contributed by atoms with Crippen molar-refractivity contribution < 1.29 is 24.1 Å². The Labute approximate surface area is 237 Å². The lowest BCUT2D eigenvalue weighted by Crippen LogP contribution is -2.38. The first-order valence-corrected chi connectivity index (χ1v) is 13.7. The van der Waals surface area contributed by atoms with Crippen LogP contribution < -0.4 is 9.47 Å². The number of benzene rings is 4. The summed E-state index contributed by atoms with van der Waals surface area (Å²) < 4.78 is 25.3. The Kier molecular flexibility index (Phi) is 8.33. The number of rotatable bonds is 9. The van der Waals surface area contributed by atoms with Gasteiger partial charge < -0.3 is 24.1 Å². The van der Waals surface area contributed by atoms with Crippen LogP contribution >= 0.6 is 22.6 Å². The molecule has 4 aromatic carbocycles. The Bertz CT molecular complexity index is 1280. The van der Waals surface area contributed by atoms with Crippen molar-refractivity contribution in [3.8, 4) is 11.5 Å². The Hall–Kier alpha value is -2.91. The molecule has 0 saturated carbocycles. The lowest BCUT2D eigenvalue weighted by atomic mass is 9.80. The van der Waals surface area contributed by atoms with Gasteiger partial charge in [-0.05, 0) is 75.2 Å². The molecule has 1 aliphatic heterocycles. The summed E-state index contributed by atoms with van der Waals surface area (Å²) in [6.07, 6.45) is -0.774. The van der Waals surface area contributed by atoms with Crippen LogP contribution in [0.5, 0.6) is 11.5 Å². The van der Waals surface area contributed by atoms with Gasteiger partial charge in [0.05, 0.1) is 33.0 Å². The van der Waals surface area contributed by atoms with E-state index in [0.29, 0.717) is 6.42 Å². The minimum Gasteiger partial charge on any atom is -0.497 e. The topological polar surface area (TPSA) is 57.2 Å². The molecule has 1 fully saturated rings. The quantitative estimate of drug-likeness (QED) is 0.171. The Morgan fingerprint density at radius 3 is 1.84 bits per heavy atom.